The number of aliphatic hydroxyl groups excluding tert-OH is 3. The summed E-state index contributed by atoms with van der Waals surface area (Å²) < 4.78 is 16.8. The summed E-state index contributed by atoms with van der Waals surface area (Å²) in [5.74, 6) is 0.546. The topological polar surface area (TPSA) is 88.4 Å². The molecule has 1 aromatic rings. The lowest BCUT2D eigenvalue weighted by Gasteiger charge is -2.41. The minimum Gasteiger partial charge on any atom is -0.388 e. The Morgan fingerprint density at radius 3 is 2.45 bits per heavy atom. The molecule has 0 bridgehead atoms. The maximum atomic E-state index is 10.5. The molecule has 0 unspecified atom stereocenters. The van der Waals surface area contributed by atoms with Crippen LogP contribution in [-0.2, 0) is 20.6 Å². The lowest BCUT2D eigenvalue weighted by atomic mass is 9.82. The van der Waals surface area contributed by atoms with E-state index in [4.69, 9.17) is 25.8 Å². The molecule has 1 aliphatic heterocycles. The Balaban J connectivity index is 1.73. The van der Waals surface area contributed by atoms with Crippen LogP contribution in [0.4, 0.5) is 0 Å². The van der Waals surface area contributed by atoms with E-state index in [1.54, 1.807) is 7.11 Å². The Morgan fingerprint density at radius 1 is 1.07 bits per heavy atom. The van der Waals surface area contributed by atoms with Gasteiger partial charge in [-0.2, -0.15) is 0 Å². The largest absolute Gasteiger partial charge is 0.388 e. The second-order valence-corrected chi connectivity index (χ2v) is 8.57. The van der Waals surface area contributed by atoms with Gasteiger partial charge < -0.3 is 29.5 Å². The van der Waals surface area contributed by atoms with Gasteiger partial charge in [0.2, 0.25) is 0 Å². The number of rotatable bonds is 7. The average Bonchev–Trinajstić information content (AvgIpc) is 2.74. The maximum absolute atomic E-state index is 10.5. The summed E-state index contributed by atoms with van der Waals surface area (Å²) in [7, 11) is 1.77. The van der Waals surface area contributed by atoms with Crippen LogP contribution in [0.15, 0.2) is 18.2 Å². The van der Waals surface area contributed by atoms with E-state index in [9.17, 15) is 15.3 Å². The average molecular weight is 429 g/mol. The molecule has 164 valence electrons. The molecular formula is C22H33ClO6. The van der Waals surface area contributed by atoms with E-state index in [-0.39, 0.29) is 6.61 Å². The van der Waals surface area contributed by atoms with E-state index in [1.807, 2.05) is 25.1 Å². The van der Waals surface area contributed by atoms with Gasteiger partial charge in [0.1, 0.15) is 30.5 Å². The molecule has 6 nitrogen and oxygen atoms in total. The van der Waals surface area contributed by atoms with Crippen molar-refractivity contribution in [2.24, 2.45) is 5.92 Å². The lowest BCUT2D eigenvalue weighted by molar-refractivity contribution is -0.234. The molecule has 7 heteroatoms. The van der Waals surface area contributed by atoms with E-state index in [0.717, 1.165) is 43.2 Å². The van der Waals surface area contributed by atoms with Crippen LogP contribution < -0.4 is 0 Å². The molecule has 1 saturated heterocycles. The van der Waals surface area contributed by atoms with Crippen molar-refractivity contribution in [1.29, 1.82) is 0 Å². The normalized spacial score (nSPS) is 35.6. The quantitative estimate of drug-likeness (QED) is 0.618. The fourth-order valence-electron chi connectivity index (χ4n) is 4.41. The van der Waals surface area contributed by atoms with Crippen molar-refractivity contribution in [3.63, 3.8) is 0 Å². The predicted molar refractivity (Wildman–Crippen MR) is 110 cm³/mol. The van der Waals surface area contributed by atoms with Crippen molar-refractivity contribution in [2.75, 3.05) is 20.3 Å². The smallest absolute Gasteiger partial charge is 0.113 e. The van der Waals surface area contributed by atoms with Gasteiger partial charge in [-0.3, -0.25) is 0 Å². The third-order valence-corrected chi connectivity index (χ3v) is 6.60. The Morgan fingerprint density at radius 2 is 1.79 bits per heavy atom. The third-order valence-electron chi connectivity index (χ3n) is 6.23. The van der Waals surface area contributed by atoms with Crippen molar-refractivity contribution in [3.05, 3.63) is 34.3 Å². The number of halogens is 1. The highest BCUT2D eigenvalue weighted by Crippen LogP contribution is 2.36. The molecule has 1 saturated carbocycles. The number of aliphatic hydroxyl groups is 3. The molecule has 1 aliphatic carbocycles. The fourth-order valence-corrected chi connectivity index (χ4v) is 4.60. The van der Waals surface area contributed by atoms with Gasteiger partial charge >= 0.3 is 0 Å². The standard InChI is InChI=1S/C22H33ClO6/c1-3-28-12-18-19(24)20(25)21(26)22(29-18)14-6-9-17(23)15(11-14)10-13-4-7-16(27-2)8-5-13/h6,9,11,13,16,18-22,24-26H,3-5,7-8,10,12H2,1-2H3/t13?,16?,18-,19-,20+,21-,22+/m1/s1. The van der Waals surface area contributed by atoms with Crippen LogP contribution >= 0.6 is 11.6 Å². The lowest BCUT2D eigenvalue weighted by Crippen LogP contribution is -2.55. The number of methoxy groups -OCH3 is 1. The van der Waals surface area contributed by atoms with E-state index in [0.29, 0.717) is 23.7 Å². The second kappa shape index (κ2) is 10.5. The highest BCUT2D eigenvalue weighted by molar-refractivity contribution is 6.31. The van der Waals surface area contributed by atoms with Gasteiger partial charge in [-0.05, 0) is 62.1 Å². The van der Waals surface area contributed by atoms with Gasteiger partial charge in [-0.15, -0.1) is 0 Å². The first-order chi connectivity index (χ1) is 13.9. The minimum atomic E-state index is -1.30. The zero-order chi connectivity index (χ0) is 21.0. The molecule has 1 heterocycles. The SMILES string of the molecule is CCOC[C@H]1O[C@@H](c2ccc(Cl)c(CC3CCC(OC)CC3)c2)[C@H](O)[C@@H](O)[C@@H]1O. The fraction of sp³-hybridized carbons (Fsp3) is 0.727. The van der Waals surface area contributed by atoms with Crippen molar-refractivity contribution in [3.8, 4) is 0 Å². The maximum Gasteiger partial charge on any atom is 0.113 e. The summed E-state index contributed by atoms with van der Waals surface area (Å²) in [5.41, 5.74) is 1.76. The first-order valence-corrected chi connectivity index (χ1v) is 10.9. The van der Waals surface area contributed by atoms with Crippen molar-refractivity contribution in [1.82, 2.24) is 0 Å². The zero-order valence-corrected chi connectivity index (χ0v) is 17.9. The van der Waals surface area contributed by atoms with Gasteiger partial charge in [-0.25, -0.2) is 0 Å². The molecule has 29 heavy (non-hydrogen) atoms. The molecule has 3 rings (SSSR count). The van der Waals surface area contributed by atoms with Gasteiger partial charge in [0.05, 0.1) is 12.7 Å². The summed E-state index contributed by atoms with van der Waals surface area (Å²) in [6, 6.07) is 5.59. The Labute approximate surface area is 177 Å². The molecule has 0 radical (unpaired) electrons. The van der Waals surface area contributed by atoms with Gasteiger partial charge in [0.25, 0.3) is 0 Å². The minimum absolute atomic E-state index is 0.154. The second-order valence-electron chi connectivity index (χ2n) is 8.16. The summed E-state index contributed by atoms with van der Waals surface area (Å²) in [4.78, 5) is 0. The van der Waals surface area contributed by atoms with Crippen molar-refractivity contribution < 1.29 is 29.5 Å². The van der Waals surface area contributed by atoms with Gasteiger partial charge in [0.15, 0.2) is 0 Å². The Kier molecular flexibility index (Phi) is 8.33. The molecule has 2 aliphatic rings. The summed E-state index contributed by atoms with van der Waals surface area (Å²) in [6.07, 6.45) is 0.353. The highest BCUT2D eigenvalue weighted by atomic mass is 35.5. The van der Waals surface area contributed by atoms with Crippen LogP contribution in [0.25, 0.3) is 0 Å². The van der Waals surface area contributed by atoms with Crippen LogP contribution in [0.1, 0.15) is 49.8 Å². The third kappa shape index (κ3) is 5.50. The van der Waals surface area contributed by atoms with E-state index < -0.39 is 30.5 Å². The molecule has 1 aromatic carbocycles. The Bertz CT molecular complexity index is 648. The summed E-state index contributed by atoms with van der Waals surface area (Å²) in [5, 5.41) is 31.7. The molecular weight excluding hydrogens is 396 g/mol. The highest BCUT2D eigenvalue weighted by Gasteiger charge is 2.44. The van der Waals surface area contributed by atoms with Gasteiger partial charge in [0, 0.05) is 18.7 Å². The molecule has 0 aromatic heterocycles. The van der Waals surface area contributed by atoms with Gasteiger partial charge in [-0.1, -0.05) is 23.7 Å². The Hall–Kier alpha value is -0.730. The molecule has 2 fully saturated rings. The van der Waals surface area contributed by atoms with Crippen LogP contribution in [0.3, 0.4) is 0 Å². The van der Waals surface area contributed by atoms with Crippen LogP contribution in [-0.4, -0.2) is 66.2 Å². The molecule has 3 N–H and O–H groups in total. The monoisotopic (exact) mass is 428 g/mol. The zero-order valence-electron chi connectivity index (χ0n) is 17.2. The first kappa shape index (κ1) is 22.9. The van der Waals surface area contributed by atoms with Crippen molar-refractivity contribution >= 4 is 11.6 Å². The first-order valence-electron chi connectivity index (χ1n) is 10.5. The van der Waals surface area contributed by atoms with Crippen LogP contribution in [0.5, 0.6) is 0 Å². The van der Waals surface area contributed by atoms with Crippen molar-refractivity contribution in [2.45, 2.75) is 75.7 Å². The molecule has 0 spiro atoms. The van der Waals surface area contributed by atoms with Crippen LogP contribution in [0, 0.1) is 5.92 Å². The number of hydrogen-bond donors (Lipinski definition) is 3. The summed E-state index contributed by atoms with van der Waals surface area (Å²) in [6.45, 7) is 2.48. The number of ether oxygens (including phenoxy) is 3. The predicted octanol–water partition coefficient (Wildman–Crippen LogP) is 2.65. The van der Waals surface area contributed by atoms with E-state index in [2.05, 4.69) is 0 Å². The number of hydrogen-bond acceptors (Lipinski definition) is 6. The van der Waals surface area contributed by atoms with Crippen LogP contribution in [0.2, 0.25) is 5.02 Å². The molecule has 0 amide bonds. The van der Waals surface area contributed by atoms with E-state index >= 15 is 0 Å². The summed E-state index contributed by atoms with van der Waals surface area (Å²) >= 11 is 6.46. The molecule has 5 atom stereocenters. The number of benzene rings is 1. The van der Waals surface area contributed by atoms with E-state index in [1.165, 1.54) is 0 Å².